The minimum atomic E-state index is -1.23. The van der Waals surface area contributed by atoms with Gasteiger partial charge in [0.25, 0.3) is 11.8 Å². The van der Waals surface area contributed by atoms with E-state index in [-0.39, 0.29) is 17.6 Å². The first-order valence-corrected chi connectivity index (χ1v) is 7.98. The number of carbonyl (C=O) groups is 3. The quantitative estimate of drug-likeness (QED) is 0.751. The lowest BCUT2D eigenvalue weighted by Gasteiger charge is -2.34. The second-order valence-electron chi connectivity index (χ2n) is 6.82. The van der Waals surface area contributed by atoms with Gasteiger partial charge in [-0.1, -0.05) is 6.42 Å². The Morgan fingerprint density at radius 3 is 1.87 bits per heavy atom. The van der Waals surface area contributed by atoms with Crippen LogP contribution in [0.15, 0.2) is 0 Å². The van der Waals surface area contributed by atoms with Crippen LogP contribution in [0.1, 0.15) is 32.6 Å². The average molecular weight is 326 g/mol. The summed E-state index contributed by atoms with van der Waals surface area (Å²) in [5, 5.41) is 0. The van der Waals surface area contributed by atoms with E-state index in [1.54, 1.807) is 35.1 Å². The first-order valence-electron chi connectivity index (χ1n) is 7.98. The van der Waals surface area contributed by atoms with Gasteiger partial charge in [0, 0.05) is 34.6 Å². The van der Waals surface area contributed by atoms with Gasteiger partial charge in [0.05, 0.1) is 5.92 Å². The van der Waals surface area contributed by atoms with Gasteiger partial charge in [0.1, 0.15) is 5.78 Å². The maximum absolute atomic E-state index is 12.4. The second kappa shape index (κ2) is 6.57. The van der Waals surface area contributed by atoms with Crippen molar-refractivity contribution in [1.29, 1.82) is 0 Å². The summed E-state index contributed by atoms with van der Waals surface area (Å²) in [6, 6.07) is 0. The fourth-order valence-corrected chi connectivity index (χ4v) is 3.23. The highest BCUT2D eigenvalue weighted by Crippen LogP contribution is 2.41. The van der Waals surface area contributed by atoms with Gasteiger partial charge in [-0.05, 0) is 19.8 Å². The lowest BCUT2D eigenvalue weighted by Crippen LogP contribution is -2.47. The smallest absolute Gasteiger partial charge is 0.254 e. The third kappa shape index (κ3) is 3.40. The Kier molecular flexibility index (Phi) is 5.10. The molecule has 0 aromatic rings. The maximum Gasteiger partial charge on any atom is 0.254 e. The molecule has 3 atom stereocenters. The molecule has 2 fully saturated rings. The fourth-order valence-electron chi connectivity index (χ4n) is 3.23. The molecule has 0 aromatic carbocycles. The molecule has 2 amide bonds. The van der Waals surface area contributed by atoms with E-state index in [9.17, 15) is 14.4 Å². The molecule has 0 aromatic heterocycles. The summed E-state index contributed by atoms with van der Waals surface area (Å²) in [5.74, 6) is -2.26. The van der Waals surface area contributed by atoms with E-state index in [1.807, 2.05) is 0 Å². The lowest BCUT2D eigenvalue weighted by atomic mass is 9.82. The summed E-state index contributed by atoms with van der Waals surface area (Å²) in [5.41, 5.74) is 0. The van der Waals surface area contributed by atoms with Gasteiger partial charge in [-0.25, -0.2) is 0 Å². The zero-order valence-electron chi connectivity index (χ0n) is 14.5. The lowest BCUT2D eigenvalue weighted by molar-refractivity contribution is -0.206. The van der Waals surface area contributed by atoms with Crippen LogP contribution in [-0.4, -0.2) is 73.6 Å². The number of amides is 2. The standard InChI is InChI=1S/C16H26N2O5/c1-16(10-8-6-7-9-11(10)19)22-12(14(20)17(2)3)13(23-16)15(21)18(4)5/h10,12-13H,6-9H2,1-5H3/t10-,12+,13+/m0/s1. The highest BCUT2D eigenvalue weighted by molar-refractivity contribution is 5.91. The second-order valence-corrected chi connectivity index (χ2v) is 6.82. The molecule has 1 heterocycles. The average Bonchev–Trinajstić information content (AvgIpc) is 2.84. The predicted octanol–water partition coefficient (Wildman–Crippen LogP) is 0.422. The molecule has 1 aliphatic carbocycles. The van der Waals surface area contributed by atoms with Crippen LogP contribution >= 0.6 is 0 Å². The van der Waals surface area contributed by atoms with Crippen molar-refractivity contribution in [3.63, 3.8) is 0 Å². The van der Waals surface area contributed by atoms with Crippen LogP contribution in [0.3, 0.4) is 0 Å². The van der Waals surface area contributed by atoms with E-state index in [1.165, 1.54) is 9.80 Å². The van der Waals surface area contributed by atoms with Crippen molar-refractivity contribution in [1.82, 2.24) is 9.80 Å². The molecule has 7 nitrogen and oxygen atoms in total. The van der Waals surface area contributed by atoms with E-state index in [0.29, 0.717) is 12.8 Å². The number of carbonyl (C=O) groups excluding carboxylic acids is 3. The van der Waals surface area contributed by atoms with Crippen molar-refractivity contribution in [2.24, 2.45) is 5.92 Å². The molecule has 1 saturated heterocycles. The summed E-state index contributed by atoms with van der Waals surface area (Å²) >= 11 is 0. The Labute approximate surface area is 136 Å². The number of rotatable bonds is 3. The first-order chi connectivity index (χ1) is 10.7. The molecule has 0 N–H and O–H groups in total. The van der Waals surface area contributed by atoms with Crippen molar-refractivity contribution >= 4 is 17.6 Å². The van der Waals surface area contributed by atoms with Crippen LogP contribution in [0.4, 0.5) is 0 Å². The van der Waals surface area contributed by atoms with Crippen LogP contribution in [0, 0.1) is 5.92 Å². The normalized spacial score (nSPS) is 30.1. The van der Waals surface area contributed by atoms with Crippen molar-refractivity contribution < 1.29 is 23.9 Å². The van der Waals surface area contributed by atoms with E-state index >= 15 is 0 Å². The molecule has 23 heavy (non-hydrogen) atoms. The number of nitrogens with zero attached hydrogens (tertiary/aromatic N) is 2. The predicted molar refractivity (Wildman–Crippen MR) is 82.5 cm³/mol. The number of Topliss-reactive ketones (excluding diaryl/α,β-unsaturated/α-hetero) is 1. The van der Waals surface area contributed by atoms with Gasteiger partial charge in [-0.2, -0.15) is 0 Å². The molecular formula is C16H26N2O5. The van der Waals surface area contributed by atoms with Crippen LogP contribution in [0.5, 0.6) is 0 Å². The summed E-state index contributed by atoms with van der Waals surface area (Å²) in [4.78, 5) is 39.8. The minimum absolute atomic E-state index is 0.0766. The van der Waals surface area contributed by atoms with E-state index in [0.717, 1.165) is 12.8 Å². The van der Waals surface area contributed by atoms with Crippen LogP contribution < -0.4 is 0 Å². The molecule has 0 unspecified atom stereocenters. The van der Waals surface area contributed by atoms with Crippen molar-refractivity contribution in [3.8, 4) is 0 Å². The number of hydrogen-bond donors (Lipinski definition) is 0. The van der Waals surface area contributed by atoms with E-state index in [2.05, 4.69) is 0 Å². The number of hydrogen-bond acceptors (Lipinski definition) is 5. The van der Waals surface area contributed by atoms with E-state index in [4.69, 9.17) is 9.47 Å². The maximum atomic E-state index is 12.4. The van der Waals surface area contributed by atoms with Crippen LogP contribution in [0.25, 0.3) is 0 Å². The molecule has 2 aliphatic rings. The first kappa shape index (κ1) is 17.9. The summed E-state index contributed by atoms with van der Waals surface area (Å²) in [6.07, 6.45) is 0.870. The number of ketones is 1. The van der Waals surface area contributed by atoms with Crippen LogP contribution in [-0.2, 0) is 23.9 Å². The fraction of sp³-hybridized carbons (Fsp3) is 0.812. The molecule has 1 aliphatic heterocycles. The van der Waals surface area contributed by atoms with Gasteiger partial charge in [-0.3, -0.25) is 14.4 Å². The monoisotopic (exact) mass is 326 g/mol. The topological polar surface area (TPSA) is 76.1 Å². The Morgan fingerprint density at radius 2 is 1.48 bits per heavy atom. The molecular weight excluding hydrogens is 300 g/mol. The zero-order valence-corrected chi connectivity index (χ0v) is 14.5. The Morgan fingerprint density at radius 1 is 1.00 bits per heavy atom. The SMILES string of the molecule is CN(C)C(=O)[C@@H]1OC(C)([C@H]2CCCCC2=O)O[C@H]1C(=O)N(C)C. The van der Waals surface area contributed by atoms with Crippen molar-refractivity contribution in [3.05, 3.63) is 0 Å². The van der Waals surface area contributed by atoms with Gasteiger partial charge in [0.15, 0.2) is 18.0 Å². The molecule has 1 saturated carbocycles. The molecule has 0 radical (unpaired) electrons. The van der Waals surface area contributed by atoms with Crippen molar-refractivity contribution in [2.45, 2.75) is 50.6 Å². The molecule has 2 rings (SSSR count). The van der Waals surface area contributed by atoms with Crippen LogP contribution in [0.2, 0.25) is 0 Å². The molecule has 7 heteroatoms. The van der Waals surface area contributed by atoms with E-state index < -0.39 is 23.9 Å². The Bertz CT molecular complexity index is 475. The molecule has 0 bridgehead atoms. The highest BCUT2D eigenvalue weighted by Gasteiger charge is 2.56. The Balaban J connectivity index is 2.29. The van der Waals surface area contributed by atoms with Crippen molar-refractivity contribution in [2.75, 3.05) is 28.2 Å². The van der Waals surface area contributed by atoms with Gasteiger partial charge in [-0.15, -0.1) is 0 Å². The minimum Gasteiger partial charge on any atom is -0.346 e. The third-order valence-corrected chi connectivity index (χ3v) is 4.55. The highest BCUT2D eigenvalue weighted by atomic mass is 16.8. The number of likely N-dealkylation sites (N-methyl/N-ethyl adjacent to an activating group) is 2. The summed E-state index contributed by atoms with van der Waals surface area (Å²) in [7, 11) is 6.41. The molecule has 130 valence electrons. The largest absolute Gasteiger partial charge is 0.346 e. The van der Waals surface area contributed by atoms with Gasteiger partial charge >= 0.3 is 0 Å². The number of ether oxygens (including phenoxy) is 2. The van der Waals surface area contributed by atoms with Gasteiger partial charge in [0.2, 0.25) is 0 Å². The Hall–Kier alpha value is -1.47. The van der Waals surface area contributed by atoms with Gasteiger partial charge < -0.3 is 19.3 Å². The third-order valence-electron chi connectivity index (χ3n) is 4.55. The summed E-state index contributed by atoms with van der Waals surface area (Å²) in [6.45, 7) is 1.67. The summed E-state index contributed by atoms with van der Waals surface area (Å²) < 4.78 is 11.8. The zero-order chi connectivity index (χ0) is 17.4. The molecule has 0 spiro atoms.